The molecule has 94 valence electrons. The molecule has 1 N–H and O–H groups in total. The van der Waals surface area contributed by atoms with Crippen LogP contribution in [0.5, 0.6) is 0 Å². The minimum Gasteiger partial charge on any atom is -0.467 e. The summed E-state index contributed by atoms with van der Waals surface area (Å²) in [5.41, 5.74) is 0.538. The van der Waals surface area contributed by atoms with Gasteiger partial charge in [-0.25, -0.2) is 0 Å². The number of hydrogen-bond acceptors (Lipinski definition) is 3. The van der Waals surface area contributed by atoms with Crippen LogP contribution in [0.2, 0.25) is 0 Å². The molecule has 1 aromatic heterocycles. The van der Waals surface area contributed by atoms with E-state index in [2.05, 4.69) is 5.32 Å². The number of hydrogen-bond donors (Lipinski definition) is 1. The smallest absolute Gasteiger partial charge is 0.251 e. The van der Waals surface area contributed by atoms with Gasteiger partial charge in [0.15, 0.2) is 0 Å². The number of amides is 1. The molecule has 0 fully saturated rings. The third kappa shape index (κ3) is 3.07. The van der Waals surface area contributed by atoms with Gasteiger partial charge in [0.25, 0.3) is 5.91 Å². The van der Waals surface area contributed by atoms with E-state index in [1.807, 2.05) is 0 Å². The van der Waals surface area contributed by atoms with Gasteiger partial charge < -0.3 is 9.73 Å². The third-order valence-electron chi connectivity index (χ3n) is 2.45. The zero-order valence-corrected chi connectivity index (χ0v) is 10.7. The Hall–Kier alpha value is -1.88. The summed E-state index contributed by atoms with van der Waals surface area (Å²) in [6, 6.07) is 10.3. The molecule has 0 bridgehead atoms. The van der Waals surface area contributed by atoms with E-state index in [1.54, 1.807) is 48.9 Å². The number of benzene rings is 1. The molecule has 0 aliphatic heterocycles. The zero-order chi connectivity index (χ0) is 13.0. The van der Waals surface area contributed by atoms with Gasteiger partial charge in [-0.15, -0.1) is 0 Å². The summed E-state index contributed by atoms with van der Waals surface area (Å²) < 4.78 is 16.3. The van der Waals surface area contributed by atoms with Crippen LogP contribution in [0.3, 0.4) is 0 Å². The Labute approximate surface area is 107 Å². The summed E-state index contributed by atoms with van der Waals surface area (Å²) in [5.74, 6) is 0.523. The van der Waals surface area contributed by atoms with E-state index in [0.717, 1.165) is 0 Å². The molecular formula is C13H13NO3S. The van der Waals surface area contributed by atoms with Gasteiger partial charge in [-0.05, 0) is 36.4 Å². The second-order valence-corrected chi connectivity index (χ2v) is 5.12. The van der Waals surface area contributed by atoms with Crippen LogP contribution in [0, 0.1) is 0 Å². The highest BCUT2D eigenvalue weighted by molar-refractivity contribution is 7.84. The molecule has 18 heavy (non-hydrogen) atoms. The van der Waals surface area contributed by atoms with Gasteiger partial charge in [0, 0.05) is 27.5 Å². The van der Waals surface area contributed by atoms with E-state index in [-0.39, 0.29) is 5.91 Å². The molecule has 0 spiro atoms. The quantitative estimate of drug-likeness (QED) is 0.917. The first-order chi connectivity index (χ1) is 8.66. The Kier molecular flexibility index (Phi) is 3.94. The standard InChI is InChI=1S/C13H13NO3S/c1-18(16)12-6-4-10(5-7-12)13(15)14-9-11-3-2-8-17-11/h2-8H,9H2,1H3,(H,14,15). The molecule has 0 saturated carbocycles. The van der Waals surface area contributed by atoms with E-state index in [0.29, 0.717) is 22.8 Å². The van der Waals surface area contributed by atoms with Crippen LogP contribution in [0.25, 0.3) is 0 Å². The fraction of sp³-hybridized carbons (Fsp3) is 0.154. The van der Waals surface area contributed by atoms with E-state index in [9.17, 15) is 9.00 Å². The van der Waals surface area contributed by atoms with Crippen LogP contribution in [0.4, 0.5) is 0 Å². The van der Waals surface area contributed by atoms with Crippen LogP contribution >= 0.6 is 0 Å². The molecule has 5 heteroatoms. The summed E-state index contributed by atoms with van der Waals surface area (Å²) in [4.78, 5) is 12.5. The second kappa shape index (κ2) is 5.64. The lowest BCUT2D eigenvalue weighted by molar-refractivity contribution is 0.0948. The maximum Gasteiger partial charge on any atom is 0.251 e. The van der Waals surface area contributed by atoms with Crippen molar-refractivity contribution in [3.05, 3.63) is 54.0 Å². The van der Waals surface area contributed by atoms with Crippen molar-refractivity contribution >= 4 is 16.7 Å². The predicted molar refractivity (Wildman–Crippen MR) is 68.7 cm³/mol. The van der Waals surface area contributed by atoms with Crippen LogP contribution in [-0.2, 0) is 17.3 Å². The molecular weight excluding hydrogens is 250 g/mol. The molecule has 2 aromatic rings. The fourth-order valence-electron chi connectivity index (χ4n) is 1.48. The highest BCUT2D eigenvalue weighted by atomic mass is 32.2. The first kappa shape index (κ1) is 12.6. The lowest BCUT2D eigenvalue weighted by Crippen LogP contribution is -2.22. The first-order valence-electron chi connectivity index (χ1n) is 5.41. The molecule has 1 unspecified atom stereocenters. The van der Waals surface area contributed by atoms with Gasteiger partial charge in [-0.3, -0.25) is 9.00 Å². The highest BCUT2D eigenvalue weighted by Crippen LogP contribution is 2.08. The molecule has 1 aromatic carbocycles. The maximum atomic E-state index is 11.8. The largest absolute Gasteiger partial charge is 0.467 e. The Balaban J connectivity index is 1.98. The average Bonchev–Trinajstić information content (AvgIpc) is 2.89. The van der Waals surface area contributed by atoms with Crippen molar-refractivity contribution in [3.8, 4) is 0 Å². The van der Waals surface area contributed by atoms with Crippen molar-refractivity contribution in [3.63, 3.8) is 0 Å². The number of nitrogens with one attached hydrogen (secondary N) is 1. The topological polar surface area (TPSA) is 59.3 Å². The molecule has 1 heterocycles. The van der Waals surface area contributed by atoms with Crippen molar-refractivity contribution in [2.24, 2.45) is 0 Å². The predicted octanol–water partition coefficient (Wildman–Crippen LogP) is 1.95. The third-order valence-corrected chi connectivity index (χ3v) is 3.39. The molecule has 0 aliphatic rings. The molecule has 0 radical (unpaired) electrons. The minimum absolute atomic E-state index is 0.181. The van der Waals surface area contributed by atoms with Crippen LogP contribution in [0.15, 0.2) is 52.0 Å². The molecule has 2 rings (SSSR count). The van der Waals surface area contributed by atoms with Gasteiger partial charge in [-0.1, -0.05) is 0 Å². The summed E-state index contributed by atoms with van der Waals surface area (Å²) in [7, 11) is -1.03. The van der Waals surface area contributed by atoms with Crippen molar-refractivity contribution in [2.45, 2.75) is 11.4 Å². The molecule has 4 nitrogen and oxygen atoms in total. The number of carbonyl (C=O) groups excluding carboxylic acids is 1. The van der Waals surface area contributed by atoms with Crippen molar-refractivity contribution in [1.82, 2.24) is 5.32 Å². The van der Waals surface area contributed by atoms with Gasteiger partial charge >= 0.3 is 0 Å². The molecule has 1 atom stereocenters. The second-order valence-electron chi connectivity index (χ2n) is 3.74. The Bertz CT molecular complexity index is 546. The summed E-state index contributed by atoms with van der Waals surface area (Å²) in [5, 5.41) is 2.74. The number of furan rings is 1. The van der Waals surface area contributed by atoms with Gasteiger partial charge in [0.2, 0.25) is 0 Å². The van der Waals surface area contributed by atoms with Gasteiger partial charge in [-0.2, -0.15) is 0 Å². The SMILES string of the molecule is CS(=O)c1ccc(C(=O)NCc2ccco2)cc1. The number of rotatable bonds is 4. The average molecular weight is 263 g/mol. The molecule has 0 aliphatic carbocycles. The first-order valence-corrected chi connectivity index (χ1v) is 6.96. The lowest BCUT2D eigenvalue weighted by atomic mass is 10.2. The van der Waals surface area contributed by atoms with Crippen molar-refractivity contribution in [1.29, 1.82) is 0 Å². The Morgan fingerprint density at radius 2 is 2.00 bits per heavy atom. The van der Waals surface area contributed by atoms with E-state index in [4.69, 9.17) is 4.42 Å². The van der Waals surface area contributed by atoms with Crippen molar-refractivity contribution < 1.29 is 13.4 Å². The summed E-state index contributed by atoms with van der Waals surface area (Å²) in [6.45, 7) is 0.354. The van der Waals surface area contributed by atoms with Gasteiger partial charge in [0.05, 0.1) is 12.8 Å². The Morgan fingerprint density at radius 1 is 1.28 bits per heavy atom. The van der Waals surface area contributed by atoms with Gasteiger partial charge in [0.1, 0.15) is 5.76 Å². The van der Waals surface area contributed by atoms with Crippen molar-refractivity contribution in [2.75, 3.05) is 6.26 Å². The number of carbonyl (C=O) groups is 1. The summed E-state index contributed by atoms with van der Waals surface area (Å²) >= 11 is 0. The van der Waals surface area contributed by atoms with E-state index < -0.39 is 10.8 Å². The summed E-state index contributed by atoms with van der Waals surface area (Å²) in [6.07, 6.45) is 3.17. The van der Waals surface area contributed by atoms with Crippen LogP contribution in [-0.4, -0.2) is 16.4 Å². The fourth-order valence-corrected chi connectivity index (χ4v) is 2.00. The maximum absolute atomic E-state index is 11.8. The minimum atomic E-state index is -1.03. The molecule has 0 saturated heterocycles. The highest BCUT2D eigenvalue weighted by Gasteiger charge is 2.06. The zero-order valence-electron chi connectivity index (χ0n) is 9.88. The normalized spacial score (nSPS) is 12.1. The monoisotopic (exact) mass is 263 g/mol. The molecule has 1 amide bonds. The Morgan fingerprint density at radius 3 is 2.56 bits per heavy atom. The van der Waals surface area contributed by atoms with E-state index in [1.165, 1.54) is 0 Å². The lowest BCUT2D eigenvalue weighted by Gasteiger charge is -2.04. The van der Waals surface area contributed by atoms with E-state index >= 15 is 0 Å². The van der Waals surface area contributed by atoms with Crippen LogP contribution < -0.4 is 5.32 Å². The van der Waals surface area contributed by atoms with Crippen LogP contribution in [0.1, 0.15) is 16.1 Å².